The fourth-order valence-electron chi connectivity index (χ4n) is 4.50. The molecule has 0 bridgehead atoms. The first-order chi connectivity index (χ1) is 17.1. The van der Waals surface area contributed by atoms with E-state index in [1.54, 1.807) is 31.0 Å². The molecule has 3 aromatic rings. The number of anilines is 1. The SMILES string of the molecule is CN[C@@H](C)C(=O)NC1CCc2ccccc2N(Cc2c(OC)ccc3cc(C(F)(F)F)ccc23)C1=O. The van der Waals surface area contributed by atoms with Gasteiger partial charge >= 0.3 is 6.18 Å². The van der Waals surface area contributed by atoms with Gasteiger partial charge in [-0.05, 0) is 67.4 Å². The number of carbonyl (C=O) groups excluding carboxylic acids is 2. The topological polar surface area (TPSA) is 70.7 Å². The lowest BCUT2D eigenvalue weighted by Crippen LogP contribution is -2.52. The Balaban J connectivity index is 1.78. The maximum atomic E-state index is 13.8. The summed E-state index contributed by atoms with van der Waals surface area (Å²) in [7, 11) is 3.15. The second kappa shape index (κ2) is 10.2. The molecule has 2 amide bonds. The molecule has 0 radical (unpaired) electrons. The van der Waals surface area contributed by atoms with Crippen molar-refractivity contribution in [3.05, 3.63) is 71.3 Å². The molecule has 1 aliphatic rings. The van der Waals surface area contributed by atoms with E-state index in [2.05, 4.69) is 10.6 Å². The van der Waals surface area contributed by atoms with Crippen LogP contribution in [-0.2, 0) is 28.7 Å². The Hall–Kier alpha value is -3.59. The number of carbonyl (C=O) groups is 2. The number of likely N-dealkylation sites (N-methyl/N-ethyl adjacent to an activating group) is 1. The number of hydrogen-bond donors (Lipinski definition) is 2. The maximum Gasteiger partial charge on any atom is 0.416 e. The van der Waals surface area contributed by atoms with E-state index in [4.69, 9.17) is 4.74 Å². The minimum absolute atomic E-state index is 0.0652. The predicted molar refractivity (Wildman–Crippen MR) is 132 cm³/mol. The van der Waals surface area contributed by atoms with Gasteiger partial charge in [0.25, 0.3) is 0 Å². The Kier molecular flexibility index (Phi) is 7.21. The van der Waals surface area contributed by atoms with Crippen LogP contribution < -0.4 is 20.3 Å². The van der Waals surface area contributed by atoms with Gasteiger partial charge in [0.1, 0.15) is 11.8 Å². The maximum absolute atomic E-state index is 13.8. The van der Waals surface area contributed by atoms with Gasteiger partial charge in [-0.25, -0.2) is 0 Å². The van der Waals surface area contributed by atoms with Crippen molar-refractivity contribution >= 4 is 28.3 Å². The monoisotopic (exact) mass is 499 g/mol. The molecular formula is C27H28F3N3O3. The number of nitrogens with zero attached hydrogens (tertiary/aromatic N) is 1. The molecular weight excluding hydrogens is 471 g/mol. The first-order valence-corrected chi connectivity index (χ1v) is 11.7. The van der Waals surface area contributed by atoms with Gasteiger partial charge in [0.05, 0.1) is 25.3 Å². The van der Waals surface area contributed by atoms with E-state index in [0.717, 1.165) is 17.7 Å². The van der Waals surface area contributed by atoms with Crippen molar-refractivity contribution in [1.82, 2.24) is 10.6 Å². The number of para-hydroxylation sites is 1. The minimum atomic E-state index is -4.47. The second-order valence-electron chi connectivity index (χ2n) is 8.84. The summed E-state index contributed by atoms with van der Waals surface area (Å²) in [5.41, 5.74) is 1.49. The van der Waals surface area contributed by atoms with E-state index in [-0.39, 0.29) is 18.4 Å². The Morgan fingerprint density at radius 2 is 1.92 bits per heavy atom. The molecule has 9 heteroatoms. The lowest BCUT2D eigenvalue weighted by atomic mass is 10.00. The average Bonchev–Trinajstić information content (AvgIpc) is 2.99. The van der Waals surface area contributed by atoms with Crippen molar-refractivity contribution in [2.24, 2.45) is 0 Å². The average molecular weight is 500 g/mol. The molecule has 1 unspecified atom stereocenters. The predicted octanol–water partition coefficient (Wildman–Crippen LogP) is 4.44. The van der Waals surface area contributed by atoms with Crippen LogP contribution in [0.5, 0.6) is 5.75 Å². The molecule has 36 heavy (non-hydrogen) atoms. The molecule has 0 aliphatic carbocycles. The van der Waals surface area contributed by atoms with Crippen LogP contribution in [-0.4, -0.2) is 38.1 Å². The number of aryl methyl sites for hydroxylation is 1. The summed E-state index contributed by atoms with van der Waals surface area (Å²) >= 11 is 0. The van der Waals surface area contributed by atoms with Crippen LogP contribution in [0.15, 0.2) is 54.6 Å². The second-order valence-corrected chi connectivity index (χ2v) is 8.84. The quantitative estimate of drug-likeness (QED) is 0.526. The molecule has 0 spiro atoms. The van der Waals surface area contributed by atoms with E-state index in [1.165, 1.54) is 13.2 Å². The van der Waals surface area contributed by atoms with E-state index in [1.807, 2.05) is 24.3 Å². The van der Waals surface area contributed by atoms with Crippen LogP contribution in [0.1, 0.15) is 30.0 Å². The van der Waals surface area contributed by atoms with Gasteiger partial charge in [-0.15, -0.1) is 0 Å². The van der Waals surface area contributed by atoms with Crippen molar-refractivity contribution < 1.29 is 27.5 Å². The molecule has 4 rings (SSSR count). The molecule has 190 valence electrons. The van der Waals surface area contributed by atoms with E-state index in [9.17, 15) is 22.8 Å². The number of hydrogen-bond acceptors (Lipinski definition) is 4. The molecule has 0 aromatic heterocycles. The summed E-state index contributed by atoms with van der Waals surface area (Å²) in [4.78, 5) is 27.9. The standard InChI is InChI=1S/C27H28F3N3O3/c1-16(31-2)25(34)32-22-12-8-17-6-4-5-7-23(17)33(26(22)35)15-21-20-11-10-19(27(28,29)30)14-18(20)9-13-24(21)36-3/h4-7,9-11,13-14,16,22,31H,8,12,15H2,1-3H3,(H,32,34)/t16-,22?/m0/s1. The number of halogens is 3. The van der Waals surface area contributed by atoms with Gasteiger partial charge in [-0.3, -0.25) is 9.59 Å². The van der Waals surface area contributed by atoms with Crippen LogP contribution in [0.25, 0.3) is 10.8 Å². The number of methoxy groups -OCH3 is 1. The summed E-state index contributed by atoms with van der Waals surface area (Å²) in [6, 6.07) is 13.0. The zero-order valence-electron chi connectivity index (χ0n) is 20.3. The summed E-state index contributed by atoms with van der Waals surface area (Å²) in [5.74, 6) is -0.118. The number of benzene rings is 3. The normalized spacial score (nSPS) is 16.9. The number of nitrogens with one attached hydrogen (secondary N) is 2. The van der Waals surface area contributed by atoms with Gasteiger partial charge in [-0.1, -0.05) is 30.3 Å². The third-order valence-electron chi connectivity index (χ3n) is 6.64. The minimum Gasteiger partial charge on any atom is -0.496 e. The number of ether oxygens (including phenoxy) is 1. The van der Waals surface area contributed by atoms with Crippen molar-refractivity contribution in [3.8, 4) is 5.75 Å². The number of alkyl halides is 3. The van der Waals surface area contributed by atoms with Gasteiger partial charge < -0.3 is 20.3 Å². The molecule has 0 saturated carbocycles. The number of fused-ring (bicyclic) bond motifs is 2. The molecule has 1 aliphatic heterocycles. The third kappa shape index (κ3) is 5.02. The van der Waals surface area contributed by atoms with Crippen molar-refractivity contribution in [3.63, 3.8) is 0 Å². The zero-order chi connectivity index (χ0) is 26.0. The van der Waals surface area contributed by atoms with Crippen LogP contribution in [0, 0.1) is 0 Å². The largest absolute Gasteiger partial charge is 0.496 e. The van der Waals surface area contributed by atoms with Crippen LogP contribution in [0.4, 0.5) is 18.9 Å². The summed E-state index contributed by atoms with van der Waals surface area (Å²) in [6.07, 6.45) is -3.46. The van der Waals surface area contributed by atoms with Crippen molar-refractivity contribution in [2.75, 3.05) is 19.1 Å². The van der Waals surface area contributed by atoms with Gasteiger partial charge in [0.15, 0.2) is 0 Å². The molecule has 0 saturated heterocycles. The highest BCUT2D eigenvalue weighted by molar-refractivity contribution is 6.01. The first kappa shape index (κ1) is 25.5. The molecule has 6 nitrogen and oxygen atoms in total. The van der Waals surface area contributed by atoms with Crippen molar-refractivity contribution in [1.29, 1.82) is 0 Å². The molecule has 2 N–H and O–H groups in total. The van der Waals surface area contributed by atoms with Crippen LogP contribution in [0.2, 0.25) is 0 Å². The van der Waals surface area contributed by atoms with E-state index in [0.29, 0.717) is 40.6 Å². The highest BCUT2D eigenvalue weighted by atomic mass is 19.4. The lowest BCUT2D eigenvalue weighted by Gasteiger charge is -2.28. The van der Waals surface area contributed by atoms with Crippen LogP contribution in [0.3, 0.4) is 0 Å². The summed E-state index contributed by atoms with van der Waals surface area (Å²) in [6.45, 7) is 1.77. The highest BCUT2D eigenvalue weighted by Crippen LogP contribution is 2.37. The Morgan fingerprint density at radius 1 is 1.17 bits per heavy atom. The smallest absolute Gasteiger partial charge is 0.416 e. The fourth-order valence-corrected chi connectivity index (χ4v) is 4.50. The Bertz CT molecular complexity index is 1290. The Morgan fingerprint density at radius 3 is 2.61 bits per heavy atom. The first-order valence-electron chi connectivity index (χ1n) is 11.7. The molecule has 0 fully saturated rings. The van der Waals surface area contributed by atoms with E-state index >= 15 is 0 Å². The lowest BCUT2D eigenvalue weighted by molar-refractivity contribution is -0.137. The number of rotatable bonds is 6. The molecule has 3 aromatic carbocycles. The summed E-state index contributed by atoms with van der Waals surface area (Å²) < 4.78 is 45.5. The zero-order valence-corrected chi connectivity index (χ0v) is 20.3. The highest BCUT2D eigenvalue weighted by Gasteiger charge is 2.34. The van der Waals surface area contributed by atoms with Gasteiger partial charge in [0, 0.05) is 11.3 Å². The van der Waals surface area contributed by atoms with Crippen LogP contribution >= 0.6 is 0 Å². The molecule has 1 heterocycles. The fraction of sp³-hybridized carbons (Fsp3) is 0.333. The Labute approximate surface area is 207 Å². The van der Waals surface area contributed by atoms with E-state index < -0.39 is 23.8 Å². The van der Waals surface area contributed by atoms with Gasteiger partial charge in [-0.2, -0.15) is 13.2 Å². The van der Waals surface area contributed by atoms with Gasteiger partial charge in [0.2, 0.25) is 11.8 Å². The number of amides is 2. The molecule has 2 atom stereocenters. The summed E-state index contributed by atoms with van der Waals surface area (Å²) in [5, 5.41) is 6.67. The third-order valence-corrected chi connectivity index (χ3v) is 6.64. The van der Waals surface area contributed by atoms with Crippen molar-refractivity contribution in [2.45, 2.75) is 44.6 Å².